The molecular weight excluding hydrogens is 343 g/mol. The van der Waals surface area contributed by atoms with Crippen LogP contribution < -0.4 is 15.5 Å². The van der Waals surface area contributed by atoms with Crippen LogP contribution in [0.1, 0.15) is 12.5 Å². The first-order valence-corrected chi connectivity index (χ1v) is 9.58. The monoisotopic (exact) mass is 366 g/mol. The molecule has 0 spiro atoms. The Hall–Kier alpha value is -1.80. The van der Waals surface area contributed by atoms with E-state index in [1.54, 1.807) is 22.7 Å². The number of rotatable bonds is 4. The summed E-state index contributed by atoms with van der Waals surface area (Å²) >= 11 is 1.56. The molecule has 2 aliphatic rings. The summed E-state index contributed by atoms with van der Waals surface area (Å²) in [5.41, 5.74) is 1.32. The van der Waals surface area contributed by atoms with Crippen LogP contribution in [0.4, 0.5) is 10.1 Å². The van der Waals surface area contributed by atoms with E-state index in [1.165, 1.54) is 13.0 Å². The largest absolute Gasteiger partial charge is 0.367 e. The smallest absolute Gasteiger partial charge is 0.243 e. The standard InChI is InChI=1S/C17H23FN4O2S/c1-12(23)22-11-25-10-16(22)17(24)20-9-13-2-3-15(14(18)8-13)21-6-4-19-5-7-21/h2-3,8,16,19H,4-7,9-11H2,1H3,(H,20,24)/t16-/m1/s1. The number of hydrogen-bond donors (Lipinski definition) is 2. The average molecular weight is 366 g/mol. The first-order chi connectivity index (χ1) is 12.1. The fraction of sp³-hybridized carbons (Fsp3) is 0.529. The zero-order valence-corrected chi connectivity index (χ0v) is 15.1. The van der Waals surface area contributed by atoms with Crippen molar-refractivity contribution in [2.24, 2.45) is 0 Å². The van der Waals surface area contributed by atoms with Crippen molar-refractivity contribution in [3.8, 4) is 0 Å². The summed E-state index contributed by atoms with van der Waals surface area (Å²) in [6.45, 7) is 4.99. The number of thioether (sulfide) groups is 1. The Morgan fingerprint density at radius 1 is 1.36 bits per heavy atom. The predicted octanol–water partition coefficient (Wildman–Crippen LogP) is 0.773. The van der Waals surface area contributed by atoms with Gasteiger partial charge in [0.05, 0.1) is 11.6 Å². The SMILES string of the molecule is CC(=O)N1CSC[C@@H]1C(=O)NCc1ccc(N2CCNCC2)c(F)c1. The van der Waals surface area contributed by atoms with Crippen molar-refractivity contribution in [2.45, 2.75) is 19.5 Å². The number of nitrogens with one attached hydrogen (secondary N) is 2. The fourth-order valence-electron chi connectivity index (χ4n) is 3.10. The number of nitrogens with zero attached hydrogens (tertiary/aromatic N) is 2. The summed E-state index contributed by atoms with van der Waals surface area (Å²) < 4.78 is 14.4. The average Bonchev–Trinajstić information content (AvgIpc) is 3.11. The zero-order chi connectivity index (χ0) is 17.8. The zero-order valence-electron chi connectivity index (χ0n) is 14.3. The number of carbonyl (C=O) groups excluding carboxylic acids is 2. The molecule has 2 fully saturated rings. The van der Waals surface area contributed by atoms with Gasteiger partial charge in [-0.2, -0.15) is 0 Å². The molecule has 1 aromatic carbocycles. The van der Waals surface area contributed by atoms with Gasteiger partial charge >= 0.3 is 0 Å². The van der Waals surface area contributed by atoms with Crippen molar-refractivity contribution >= 4 is 29.3 Å². The third kappa shape index (κ3) is 4.24. The Morgan fingerprint density at radius 3 is 2.80 bits per heavy atom. The van der Waals surface area contributed by atoms with Crippen molar-refractivity contribution in [1.82, 2.24) is 15.5 Å². The third-order valence-electron chi connectivity index (χ3n) is 4.53. The highest BCUT2D eigenvalue weighted by Crippen LogP contribution is 2.22. The lowest BCUT2D eigenvalue weighted by Gasteiger charge is -2.29. The second-order valence-electron chi connectivity index (χ2n) is 6.25. The van der Waals surface area contributed by atoms with E-state index >= 15 is 0 Å². The summed E-state index contributed by atoms with van der Waals surface area (Å²) in [6, 6.07) is 4.65. The van der Waals surface area contributed by atoms with Crippen molar-refractivity contribution in [3.63, 3.8) is 0 Å². The molecule has 0 radical (unpaired) electrons. The van der Waals surface area contributed by atoms with Gasteiger partial charge in [0.1, 0.15) is 11.9 Å². The molecule has 6 nitrogen and oxygen atoms in total. The summed E-state index contributed by atoms with van der Waals surface area (Å²) in [7, 11) is 0. The molecule has 2 saturated heterocycles. The number of halogens is 1. The molecule has 0 bridgehead atoms. The number of benzene rings is 1. The molecule has 0 aliphatic carbocycles. The van der Waals surface area contributed by atoms with Crippen molar-refractivity contribution in [2.75, 3.05) is 42.7 Å². The minimum absolute atomic E-state index is 0.100. The van der Waals surface area contributed by atoms with Crippen LogP contribution in [0.2, 0.25) is 0 Å². The molecule has 2 N–H and O–H groups in total. The van der Waals surface area contributed by atoms with Crippen LogP contribution in [0.25, 0.3) is 0 Å². The van der Waals surface area contributed by atoms with Crippen LogP contribution in [0.5, 0.6) is 0 Å². The van der Waals surface area contributed by atoms with Gasteiger partial charge in [0.25, 0.3) is 0 Å². The molecule has 0 saturated carbocycles. The van der Waals surface area contributed by atoms with E-state index in [9.17, 15) is 14.0 Å². The Bertz CT molecular complexity index is 652. The van der Waals surface area contributed by atoms with Gasteiger partial charge in [-0.1, -0.05) is 6.07 Å². The van der Waals surface area contributed by atoms with E-state index < -0.39 is 6.04 Å². The summed E-state index contributed by atoms with van der Waals surface area (Å²) in [5.74, 6) is 0.585. The molecule has 0 unspecified atom stereocenters. The van der Waals surface area contributed by atoms with Crippen LogP contribution in [0, 0.1) is 5.82 Å². The maximum atomic E-state index is 14.4. The number of carbonyl (C=O) groups is 2. The number of anilines is 1. The van der Waals surface area contributed by atoms with Gasteiger partial charge < -0.3 is 20.4 Å². The molecule has 1 aromatic rings. The predicted molar refractivity (Wildman–Crippen MR) is 97.0 cm³/mol. The molecule has 0 aromatic heterocycles. The lowest BCUT2D eigenvalue weighted by atomic mass is 10.1. The van der Waals surface area contributed by atoms with Crippen LogP contribution >= 0.6 is 11.8 Å². The van der Waals surface area contributed by atoms with E-state index in [2.05, 4.69) is 10.6 Å². The Labute approximate surface area is 151 Å². The van der Waals surface area contributed by atoms with Crippen LogP contribution in [0.3, 0.4) is 0 Å². The van der Waals surface area contributed by atoms with E-state index in [1.807, 2.05) is 11.0 Å². The van der Waals surface area contributed by atoms with Gasteiger partial charge in [-0.05, 0) is 17.7 Å². The molecule has 3 rings (SSSR count). The lowest BCUT2D eigenvalue weighted by Crippen LogP contribution is -2.46. The summed E-state index contributed by atoms with van der Waals surface area (Å²) in [4.78, 5) is 27.4. The van der Waals surface area contributed by atoms with E-state index in [4.69, 9.17) is 0 Å². The molecule has 136 valence electrons. The van der Waals surface area contributed by atoms with Crippen molar-refractivity contribution in [3.05, 3.63) is 29.6 Å². The Morgan fingerprint density at radius 2 is 2.12 bits per heavy atom. The number of piperazine rings is 1. The molecule has 2 amide bonds. The Balaban J connectivity index is 1.59. The molecule has 1 atom stereocenters. The fourth-order valence-corrected chi connectivity index (χ4v) is 4.32. The highest BCUT2D eigenvalue weighted by Gasteiger charge is 2.32. The van der Waals surface area contributed by atoms with E-state index in [-0.39, 0.29) is 24.2 Å². The van der Waals surface area contributed by atoms with Gasteiger partial charge in [0, 0.05) is 45.4 Å². The van der Waals surface area contributed by atoms with Crippen molar-refractivity contribution in [1.29, 1.82) is 0 Å². The topological polar surface area (TPSA) is 64.7 Å². The first kappa shape index (κ1) is 18.0. The second-order valence-corrected chi connectivity index (χ2v) is 7.24. The maximum Gasteiger partial charge on any atom is 0.243 e. The van der Waals surface area contributed by atoms with Gasteiger partial charge in [0.15, 0.2) is 0 Å². The lowest BCUT2D eigenvalue weighted by molar-refractivity contribution is -0.136. The molecule has 8 heteroatoms. The third-order valence-corrected chi connectivity index (χ3v) is 5.54. The molecule has 2 heterocycles. The number of hydrogen-bond acceptors (Lipinski definition) is 5. The summed E-state index contributed by atoms with van der Waals surface area (Å²) in [5, 5.41) is 6.06. The van der Waals surface area contributed by atoms with Crippen LogP contribution in [-0.4, -0.2) is 60.6 Å². The minimum atomic E-state index is -0.438. The molecular formula is C17H23FN4O2S. The van der Waals surface area contributed by atoms with Gasteiger partial charge in [0.2, 0.25) is 11.8 Å². The van der Waals surface area contributed by atoms with E-state index in [0.717, 1.165) is 26.2 Å². The highest BCUT2D eigenvalue weighted by atomic mass is 32.2. The summed E-state index contributed by atoms with van der Waals surface area (Å²) in [6.07, 6.45) is 0. The quantitative estimate of drug-likeness (QED) is 0.824. The normalized spacial score (nSPS) is 20.6. The van der Waals surface area contributed by atoms with Gasteiger partial charge in [-0.15, -0.1) is 11.8 Å². The van der Waals surface area contributed by atoms with Crippen LogP contribution in [-0.2, 0) is 16.1 Å². The second kappa shape index (κ2) is 8.05. The molecule has 2 aliphatic heterocycles. The van der Waals surface area contributed by atoms with Gasteiger partial charge in [-0.25, -0.2) is 4.39 Å². The van der Waals surface area contributed by atoms with Gasteiger partial charge in [-0.3, -0.25) is 9.59 Å². The molecule has 25 heavy (non-hydrogen) atoms. The Kier molecular flexibility index (Phi) is 5.80. The van der Waals surface area contributed by atoms with Crippen molar-refractivity contribution < 1.29 is 14.0 Å². The minimum Gasteiger partial charge on any atom is -0.367 e. The number of amides is 2. The first-order valence-electron chi connectivity index (χ1n) is 8.43. The maximum absolute atomic E-state index is 14.4. The highest BCUT2D eigenvalue weighted by molar-refractivity contribution is 7.99. The van der Waals surface area contributed by atoms with Crippen LogP contribution in [0.15, 0.2) is 18.2 Å². The van der Waals surface area contributed by atoms with E-state index in [0.29, 0.717) is 22.9 Å².